The molecule has 0 bridgehead atoms. The summed E-state index contributed by atoms with van der Waals surface area (Å²) in [5.74, 6) is 0.449. The number of carbonyl (C=O) groups excluding carboxylic acids is 2. The number of H-pyrrole nitrogens is 1. The zero-order chi connectivity index (χ0) is 31.0. The maximum absolute atomic E-state index is 14.2. The Morgan fingerprint density at radius 2 is 1.77 bits per heavy atom. The second-order valence-corrected chi connectivity index (χ2v) is 13.7. The van der Waals surface area contributed by atoms with Crippen molar-refractivity contribution >= 4 is 44.5 Å². The van der Waals surface area contributed by atoms with Crippen molar-refractivity contribution in [1.29, 1.82) is 0 Å². The molecule has 10 nitrogen and oxygen atoms in total. The van der Waals surface area contributed by atoms with Crippen LogP contribution in [0.2, 0.25) is 5.02 Å². The van der Waals surface area contributed by atoms with Crippen LogP contribution in [0.5, 0.6) is 17.2 Å². The lowest BCUT2D eigenvalue weighted by Gasteiger charge is -2.30. The molecule has 2 heterocycles. The minimum absolute atomic E-state index is 0.00260. The Labute approximate surface area is 260 Å². The van der Waals surface area contributed by atoms with Gasteiger partial charge in [-0.1, -0.05) is 36.2 Å². The molecule has 2 aliphatic rings. The molecule has 1 saturated heterocycles. The first-order valence-corrected chi connectivity index (χ1v) is 16.4. The molecule has 12 heteroatoms. The largest absolute Gasteiger partial charge is 0.508 e. The standard InChI is InChI=1S/C32H33ClN4O6S/c33-27-16-25(12-13-30(27)43-24-10-8-23(38)9-11-24)44(41,42)37-29(15-22-18-35-28-7-2-1-6-26(22)28)31(39)36(32(37)40)19-21-5-3-4-20(14-21)17-34/h1-2,6-13,16,18,20-21,29,35,38H,3-5,14-15,17,19,34H2. The van der Waals surface area contributed by atoms with Gasteiger partial charge in [-0.3, -0.25) is 9.69 Å². The number of benzene rings is 3. The van der Waals surface area contributed by atoms with E-state index in [1.54, 1.807) is 6.20 Å². The fraction of sp³-hybridized carbons (Fsp3) is 0.312. The molecule has 3 unspecified atom stereocenters. The first kappa shape index (κ1) is 30.0. The molecule has 6 rings (SSSR count). The number of aromatic hydroxyl groups is 1. The Morgan fingerprint density at radius 3 is 2.52 bits per heavy atom. The average molecular weight is 637 g/mol. The Morgan fingerprint density at radius 1 is 1.02 bits per heavy atom. The van der Waals surface area contributed by atoms with Crippen molar-refractivity contribution in [1.82, 2.24) is 14.2 Å². The first-order chi connectivity index (χ1) is 21.2. The SMILES string of the molecule is NCC1CCCC(CN2C(=O)C(Cc3c[nH]c4ccccc34)N(S(=O)(=O)c3ccc(Oc4ccc(O)cc4)c(Cl)c3)C2=O)C1. The summed E-state index contributed by atoms with van der Waals surface area (Å²) < 4.78 is 34.8. The summed E-state index contributed by atoms with van der Waals surface area (Å²) in [7, 11) is -4.52. The molecule has 44 heavy (non-hydrogen) atoms. The number of para-hydroxylation sites is 1. The van der Waals surface area contributed by atoms with Crippen LogP contribution in [0.25, 0.3) is 10.9 Å². The van der Waals surface area contributed by atoms with E-state index in [9.17, 15) is 23.1 Å². The maximum atomic E-state index is 14.2. The molecule has 2 fully saturated rings. The molecule has 4 N–H and O–H groups in total. The van der Waals surface area contributed by atoms with Gasteiger partial charge in [0.05, 0.1) is 9.92 Å². The van der Waals surface area contributed by atoms with Crippen molar-refractivity contribution in [3.63, 3.8) is 0 Å². The van der Waals surface area contributed by atoms with E-state index in [1.165, 1.54) is 42.5 Å². The monoisotopic (exact) mass is 636 g/mol. The number of hydrogen-bond donors (Lipinski definition) is 3. The topological polar surface area (TPSA) is 146 Å². The lowest BCUT2D eigenvalue weighted by Crippen LogP contribution is -2.41. The van der Waals surface area contributed by atoms with Crippen LogP contribution >= 0.6 is 11.6 Å². The Balaban J connectivity index is 1.33. The van der Waals surface area contributed by atoms with E-state index in [0.29, 0.717) is 22.5 Å². The predicted molar refractivity (Wildman–Crippen MR) is 166 cm³/mol. The summed E-state index contributed by atoms with van der Waals surface area (Å²) in [5.41, 5.74) is 7.49. The van der Waals surface area contributed by atoms with Crippen LogP contribution < -0.4 is 10.5 Å². The second-order valence-electron chi connectivity index (χ2n) is 11.4. The molecular formula is C32H33ClN4O6S. The van der Waals surface area contributed by atoms with Crippen molar-refractivity contribution in [2.24, 2.45) is 17.6 Å². The Bertz CT molecular complexity index is 1810. The van der Waals surface area contributed by atoms with Crippen molar-refractivity contribution in [2.45, 2.75) is 43.0 Å². The number of carbonyl (C=O) groups is 2. The molecule has 1 aromatic heterocycles. The summed E-state index contributed by atoms with van der Waals surface area (Å²) in [6.45, 7) is 0.681. The number of hydrogen-bond acceptors (Lipinski definition) is 7. The number of nitrogens with one attached hydrogen (secondary N) is 1. The van der Waals surface area contributed by atoms with Gasteiger partial charge in [0.25, 0.3) is 15.9 Å². The summed E-state index contributed by atoms with van der Waals surface area (Å²) in [5, 5.41) is 10.4. The Kier molecular flexibility index (Phi) is 8.28. The van der Waals surface area contributed by atoms with Gasteiger partial charge >= 0.3 is 6.03 Å². The smallest absolute Gasteiger partial charge is 0.341 e. The number of imide groups is 1. The molecule has 0 spiro atoms. The highest BCUT2D eigenvalue weighted by Gasteiger charge is 2.52. The van der Waals surface area contributed by atoms with Crippen LogP contribution in [0, 0.1) is 11.8 Å². The van der Waals surface area contributed by atoms with E-state index in [1.807, 2.05) is 24.3 Å². The lowest BCUT2D eigenvalue weighted by atomic mass is 9.81. The van der Waals surface area contributed by atoms with Crippen LogP contribution in [0.1, 0.15) is 31.2 Å². The zero-order valence-corrected chi connectivity index (χ0v) is 25.4. The highest BCUT2D eigenvalue weighted by molar-refractivity contribution is 7.89. The number of nitrogens with zero attached hydrogens (tertiary/aromatic N) is 2. The van der Waals surface area contributed by atoms with Crippen LogP contribution in [-0.4, -0.2) is 58.8 Å². The molecule has 1 aliphatic heterocycles. The quantitative estimate of drug-likeness (QED) is 0.201. The van der Waals surface area contributed by atoms with Crippen molar-refractivity contribution < 1.29 is 27.9 Å². The van der Waals surface area contributed by atoms with Gasteiger partial charge in [0.2, 0.25) is 0 Å². The average Bonchev–Trinajstić information content (AvgIpc) is 3.53. The molecule has 1 aliphatic carbocycles. The van der Waals surface area contributed by atoms with Crippen LogP contribution in [0.4, 0.5) is 4.79 Å². The van der Waals surface area contributed by atoms with Gasteiger partial charge in [0, 0.05) is 30.1 Å². The molecule has 4 aromatic rings. The molecule has 3 aromatic carbocycles. The number of sulfonamides is 1. The van der Waals surface area contributed by atoms with Gasteiger partial charge in [-0.15, -0.1) is 0 Å². The van der Waals surface area contributed by atoms with E-state index in [4.69, 9.17) is 22.1 Å². The van der Waals surface area contributed by atoms with Crippen molar-refractivity contribution in [3.8, 4) is 17.2 Å². The third kappa shape index (κ3) is 5.74. The van der Waals surface area contributed by atoms with Gasteiger partial charge in [0.15, 0.2) is 0 Å². The summed E-state index contributed by atoms with van der Waals surface area (Å²) >= 11 is 6.46. The second kappa shape index (κ2) is 12.1. The lowest BCUT2D eigenvalue weighted by molar-refractivity contribution is -0.128. The zero-order valence-electron chi connectivity index (χ0n) is 23.9. The molecule has 230 valence electrons. The van der Waals surface area contributed by atoms with Crippen LogP contribution in [0.3, 0.4) is 0 Å². The van der Waals surface area contributed by atoms with Gasteiger partial charge in [-0.25, -0.2) is 17.5 Å². The fourth-order valence-corrected chi connectivity index (χ4v) is 8.09. The number of aromatic nitrogens is 1. The number of aromatic amines is 1. The van der Waals surface area contributed by atoms with Gasteiger partial charge in [-0.05, 0) is 91.7 Å². The molecule has 3 amide bonds. The van der Waals surface area contributed by atoms with Gasteiger partial charge in [-0.2, -0.15) is 0 Å². The number of amides is 3. The van der Waals surface area contributed by atoms with E-state index in [-0.39, 0.29) is 40.3 Å². The number of fused-ring (bicyclic) bond motifs is 1. The van der Waals surface area contributed by atoms with Crippen molar-refractivity contribution in [2.75, 3.05) is 13.1 Å². The number of ether oxygens (including phenoxy) is 1. The molecule has 1 saturated carbocycles. The molecule has 3 atom stereocenters. The molecule has 0 radical (unpaired) electrons. The van der Waals surface area contributed by atoms with Crippen LogP contribution in [-0.2, 0) is 21.2 Å². The summed E-state index contributed by atoms with van der Waals surface area (Å²) in [6.07, 6.45) is 5.33. The van der Waals surface area contributed by atoms with E-state index in [2.05, 4.69) is 4.98 Å². The number of phenolic OH excluding ortho intramolecular Hbond substituents is 1. The number of halogens is 1. The van der Waals surface area contributed by atoms with E-state index in [0.717, 1.165) is 47.0 Å². The maximum Gasteiger partial charge on any atom is 0.341 e. The van der Waals surface area contributed by atoms with Gasteiger partial charge < -0.3 is 20.6 Å². The van der Waals surface area contributed by atoms with E-state index >= 15 is 0 Å². The van der Waals surface area contributed by atoms with Crippen molar-refractivity contribution in [3.05, 3.63) is 83.5 Å². The highest BCUT2D eigenvalue weighted by atomic mass is 35.5. The number of nitrogens with two attached hydrogens (primary N) is 1. The highest BCUT2D eigenvalue weighted by Crippen LogP contribution is 2.37. The fourth-order valence-electron chi connectivity index (χ4n) is 6.26. The number of rotatable bonds is 9. The number of urea groups is 1. The van der Waals surface area contributed by atoms with E-state index < -0.39 is 28.0 Å². The molecular weight excluding hydrogens is 604 g/mol. The number of phenols is 1. The summed E-state index contributed by atoms with van der Waals surface area (Å²) in [6, 6.07) is 15.3. The van der Waals surface area contributed by atoms with Gasteiger partial charge in [0.1, 0.15) is 23.3 Å². The third-order valence-electron chi connectivity index (χ3n) is 8.53. The summed E-state index contributed by atoms with van der Waals surface area (Å²) in [4.78, 5) is 31.9. The minimum atomic E-state index is -4.52. The normalized spacial score (nSPS) is 20.9. The Hall–Kier alpha value is -4.06. The first-order valence-electron chi connectivity index (χ1n) is 14.6. The predicted octanol–water partition coefficient (Wildman–Crippen LogP) is 5.65. The third-order valence-corrected chi connectivity index (χ3v) is 10.6. The van der Waals surface area contributed by atoms with Crippen LogP contribution in [0.15, 0.2) is 77.8 Å². The minimum Gasteiger partial charge on any atom is -0.508 e.